The quantitative estimate of drug-likeness (QED) is 0.722. The first-order chi connectivity index (χ1) is 7.65. The molecular formula is C12H25N3O. The third-order valence-corrected chi connectivity index (χ3v) is 3.55. The zero-order valence-electron chi connectivity index (χ0n) is 10.5. The molecule has 4 heteroatoms. The summed E-state index contributed by atoms with van der Waals surface area (Å²) in [6, 6.07) is 0.454. The lowest BCUT2D eigenvalue weighted by Gasteiger charge is -2.34. The summed E-state index contributed by atoms with van der Waals surface area (Å²) in [7, 11) is 4.18. The van der Waals surface area contributed by atoms with Crippen LogP contribution >= 0.6 is 0 Å². The predicted molar refractivity (Wildman–Crippen MR) is 66.1 cm³/mol. The Hall–Kier alpha value is -0.610. The molecule has 0 radical (unpaired) electrons. The predicted octanol–water partition coefficient (Wildman–Crippen LogP) is 0.572. The maximum Gasteiger partial charge on any atom is 0.233 e. The lowest BCUT2D eigenvalue weighted by atomic mass is 9.83. The Bertz CT molecular complexity index is 212. The maximum atomic E-state index is 11.2. The molecular weight excluding hydrogens is 202 g/mol. The fourth-order valence-corrected chi connectivity index (χ4v) is 2.58. The molecule has 16 heavy (non-hydrogen) atoms. The van der Waals surface area contributed by atoms with E-state index >= 15 is 0 Å². The van der Waals surface area contributed by atoms with Gasteiger partial charge in [0.15, 0.2) is 0 Å². The van der Waals surface area contributed by atoms with Gasteiger partial charge in [-0.3, -0.25) is 4.79 Å². The second-order valence-corrected chi connectivity index (χ2v) is 4.94. The fourth-order valence-electron chi connectivity index (χ4n) is 2.58. The highest BCUT2D eigenvalue weighted by Gasteiger charge is 2.25. The monoisotopic (exact) mass is 227 g/mol. The number of hydrogen-bond donors (Lipinski definition) is 2. The lowest BCUT2D eigenvalue weighted by Crippen LogP contribution is -2.46. The molecule has 1 unspecified atom stereocenters. The van der Waals surface area contributed by atoms with Gasteiger partial charge >= 0.3 is 0 Å². The highest BCUT2D eigenvalue weighted by atomic mass is 16.1. The summed E-state index contributed by atoms with van der Waals surface area (Å²) in [5, 5.41) is 2.91. The average Bonchev–Trinajstić information content (AvgIpc) is 2.30. The summed E-state index contributed by atoms with van der Waals surface area (Å²) in [5.74, 6) is 0.671. The number of amides is 1. The van der Waals surface area contributed by atoms with Crippen molar-refractivity contribution < 1.29 is 4.79 Å². The number of nitrogens with zero attached hydrogens (tertiary/aromatic N) is 1. The van der Waals surface area contributed by atoms with E-state index in [1.807, 2.05) is 0 Å². The van der Waals surface area contributed by atoms with Crippen molar-refractivity contribution in [3.63, 3.8) is 0 Å². The van der Waals surface area contributed by atoms with Gasteiger partial charge in [-0.15, -0.1) is 0 Å². The average molecular weight is 227 g/mol. The van der Waals surface area contributed by atoms with Gasteiger partial charge < -0.3 is 16.0 Å². The molecule has 0 spiro atoms. The molecule has 1 fully saturated rings. The van der Waals surface area contributed by atoms with E-state index in [1.54, 1.807) is 0 Å². The Morgan fingerprint density at radius 1 is 1.38 bits per heavy atom. The van der Waals surface area contributed by atoms with E-state index in [2.05, 4.69) is 24.3 Å². The highest BCUT2D eigenvalue weighted by Crippen LogP contribution is 2.27. The van der Waals surface area contributed by atoms with E-state index in [4.69, 9.17) is 5.73 Å². The first-order valence-corrected chi connectivity index (χ1v) is 6.28. The van der Waals surface area contributed by atoms with Gasteiger partial charge in [0, 0.05) is 12.6 Å². The summed E-state index contributed by atoms with van der Waals surface area (Å²) in [5.41, 5.74) is 5.29. The van der Waals surface area contributed by atoms with Crippen LogP contribution in [0.25, 0.3) is 0 Å². The van der Waals surface area contributed by atoms with E-state index < -0.39 is 0 Å². The minimum absolute atomic E-state index is 0.0531. The van der Waals surface area contributed by atoms with E-state index in [-0.39, 0.29) is 12.5 Å². The third kappa shape index (κ3) is 4.10. The Morgan fingerprint density at radius 2 is 2.00 bits per heavy atom. The molecule has 0 saturated heterocycles. The number of carbonyl (C=O) groups is 1. The molecule has 1 amide bonds. The van der Waals surface area contributed by atoms with Crippen LogP contribution in [0, 0.1) is 5.92 Å². The van der Waals surface area contributed by atoms with E-state index in [9.17, 15) is 4.79 Å². The summed E-state index contributed by atoms with van der Waals surface area (Å²) >= 11 is 0. The van der Waals surface area contributed by atoms with Crippen molar-refractivity contribution in [1.82, 2.24) is 10.2 Å². The molecule has 1 atom stereocenters. The number of carbonyl (C=O) groups excluding carboxylic acids is 1. The molecule has 94 valence electrons. The van der Waals surface area contributed by atoms with Gasteiger partial charge in [-0.25, -0.2) is 0 Å². The molecule has 0 heterocycles. The normalized spacial score (nSPS) is 19.8. The maximum absolute atomic E-state index is 11.2. The minimum atomic E-state index is -0.0531. The van der Waals surface area contributed by atoms with Crippen LogP contribution in [0.3, 0.4) is 0 Å². The molecule has 1 saturated carbocycles. The zero-order valence-corrected chi connectivity index (χ0v) is 10.5. The van der Waals surface area contributed by atoms with Crippen LogP contribution in [-0.2, 0) is 4.79 Å². The second-order valence-electron chi connectivity index (χ2n) is 4.94. The van der Waals surface area contributed by atoms with Gasteiger partial charge in [-0.2, -0.15) is 0 Å². The lowest BCUT2D eigenvalue weighted by molar-refractivity contribution is -0.120. The summed E-state index contributed by atoms with van der Waals surface area (Å²) in [4.78, 5) is 13.4. The molecule has 3 N–H and O–H groups in total. The Morgan fingerprint density at radius 3 is 2.50 bits per heavy atom. The van der Waals surface area contributed by atoms with Crippen LogP contribution in [-0.4, -0.2) is 44.0 Å². The first kappa shape index (κ1) is 13.5. The van der Waals surface area contributed by atoms with Crippen molar-refractivity contribution in [2.24, 2.45) is 11.7 Å². The number of hydrogen-bond acceptors (Lipinski definition) is 3. The molecule has 4 nitrogen and oxygen atoms in total. The number of nitrogens with two attached hydrogens (primary N) is 1. The van der Waals surface area contributed by atoms with Crippen LogP contribution < -0.4 is 11.1 Å². The minimum Gasteiger partial charge on any atom is -0.353 e. The van der Waals surface area contributed by atoms with E-state index in [0.717, 1.165) is 12.5 Å². The molecule has 1 aliphatic carbocycles. The van der Waals surface area contributed by atoms with Crippen molar-refractivity contribution in [3.05, 3.63) is 0 Å². The molecule has 0 aromatic rings. The highest BCUT2D eigenvalue weighted by molar-refractivity contribution is 5.77. The molecule has 1 aliphatic rings. The van der Waals surface area contributed by atoms with Crippen molar-refractivity contribution in [2.75, 3.05) is 27.2 Å². The van der Waals surface area contributed by atoms with Crippen LogP contribution in [0.4, 0.5) is 0 Å². The smallest absolute Gasteiger partial charge is 0.233 e. The molecule has 0 aromatic heterocycles. The third-order valence-electron chi connectivity index (χ3n) is 3.55. The number of nitrogens with one attached hydrogen (secondary N) is 1. The van der Waals surface area contributed by atoms with Crippen LogP contribution in [0.15, 0.2) is 0 Å². The Kier molecular flexibility index (Phi) is 5.77. The topological polar surface area (TPSA) is 58.4 Å². The van der Waals surface area contributed by atoms with Crippen molar-refractivity contribution in [1.29, 1.82) is 0 Å². The molecule has 0 aliphatic heterocycles. The Labute approximate surface area is 98.6 Å². The molecule has 0 aromatic carbocycles. The molecule has 1 rings (SSSR count). The van der Waals surface area contributed by atoms with Crippen molar-refractivity contribution >= 4 is 5.91 Å². The van der Waals surface area contributed by atoms with Crippen LogP contribution in [0.1, 0.15) is 32.1 Å². The van der Waals surface area contributed by atoms with Gasteiger partial charge in [-0.05, 0) is 32.9 Å². The fraction of sp³-hybridized carbons (Fsp3) is 0.917. The molecule has 0 bridgehead atoms. The van der Waals surface area contributed by atoms with Gasteiger partial charge in [0.05, 0.1) is 6.54 Å². The van der Waals surface area contributed by atoms with Gasteiger partial charge in [0.2, 0.25) is 5.91 Å². The second kappa shape index (κ2) is 6.86. The first-order valence-electron chi connectivity index (χ1n) is 6.28. The van der Waals surface area contributed by atoms with Crippen LogP contribution in [0.2, 0.25) is 0 Å². The SMILES string of the molecule is CN(C)C(CNC(=O)CN)C1CCCCC1. The van der Waals surface area contributed by atoms with Crippen molar-refractivity contribution in [2.45, 2.75) is 38.1 Å². The zero-order chi connectivity index (χ0) is 12.0. The largest absolute Gasteiger partial charge is 0.353 e. The standard InChI is InChI=1S/C12H25N3O/c1-15(2)11(9-14-12(16)8-13)10-6-4-3-5-7-10/h10-11H,3-9,13H2,1-2H3,(H,14,16). The Balaban J connectivity index is 2.42. The van der Waals surface area contributed by atoms with Crippen molar-refractivity contribution in [3.8, 4) is 0 Å². The van der Waals surface area contributed by atoms with Gasteiger partial charge in [0.25, 0.3) is 0 Å². The van der Waals surface area contributed by atoms with Gasteiger partial charge in [-0.1, -0.05) is 19.3 Å². The summed E-state index contributed by atoms with van der Waals surface area (Å²) < 4.78 is 0. The van der Waals surface area contributed by atoms with Gasteiger partial charge in [0.1, 0.15) is 0 Å². The van der Waals surface area contributed by atoms with E-state index in [1.165, 1.54) is 32.1 Å². The number of rotatable bonds is 5. The summed E-state index contributed by atoms with van der Waals surface area (Å²) in [6.45, 7) is 0.818. The summed E-state index contributed by atoms with van der Waals surface area (Å²) in [6.07, 6.45) is 6.62. The van der Waals surface area contributed by atoms with Crippen LogP contribution in [0.5, 0.6) is 0 Å². The van der Waals surface area contributed by atoms with E-state index in [0.29, 0.717) is 6.04 Å². The number of likely N-dealkylation sites (N-methyl/N-ethyl adjacent to an activating group) is 1.